The van der Waals surface area contributed by atoms with Gasteiger partial charge in [0.2, 0.25) is 5.91 Å². The van der Waals surface area contributed by atoms with Crippen molar-refractivity contribution in [3.8, 4) is 5.75 Å². The van der Waals surface area contributed by atoms with Gasteiger partial charge in [-0.1, -0.05) is 30.0 Å². The van der Waals surface area contributed by atoms with Crippen molar-refractivity contribution in [2.75, 3.05) is 10.7 Å². The average Bonchev–Trinajstić information content (AvgIpc) is 3.63. The standard InChI is InChI=1S/C26H26N4O2S/c1-17-15-23-22(26(27-17)33-16-25(32)29-19-7-8-19)13-14-24(28-18-5-3-2-4-6-18)30(23)20-9-11-21(31)12-10-20/h2-6,9-12,15,19,31H,7-8,13-14,16H2,1H3,(H,29,32). The number of anilines is 2. The average molecular weight is 459 g/mol. The largest absolute Gasteiger partial charge is 0.508 e. The van der Waals surface area contributed by atoms with Gasteiger partial charge in [0.15, 0.2) is 0 Å². The number of nitrogens with one attached hydrogen (secondary N) is 1. The van der Waals surface area contributed by atoms with Crippen LogP contribution in [0.25, 0.3) is 0 Å². The maximum atomic E-state index is 12.3. The zero-order chi connectivity index (χ0) is 22.8. The molecule has 0 spiro atoms. The van der Waals surface area contributed by atoms with Crippen molar-refractivity contribution in [1.29, 1.82) is 0 Å². The number of fused-ring (bicyclic) bond motifs is 1. The van der Waals surface area contributed by atoms with Crippen molar-refractivity contribution in [3.63, 3.8) is 0 Å². The molecule has 2 aliphatic rings. The summed E-state index contributed by atoms with van der Waals surface area (Å²) in [6.07, 6.45) is 3.71. The van der Waals surface area contributed by atoms with Gasteiger partial charge in [0.05, 0.1) is 17.1 Å². The van der Waals surface area contributed by atoms with Crippen molar-refractivity contribution in [2.24, 2.45) is 4.99 Å². The maximum Gasteiger partial charge on any atom is 0.230 e. The summed E-state index contributed by atoms with van der Waals surface area (Å²) in [6.45, 7) is 1.98. The van der Waals surface area contributed by atoms with Crippen LogP contribution in [-0.2, 0) is 11.2 Å². The van der Waals surface area contributed by atoms with Crippen molar-refractivity contribution >= 4 is 40.6 Å². The van der Waals surface area contributed by atoms with Crippen LogP contribution in [0.4, 0.5) is 17.1 Å². The lowest BCUT2D eigenvalue weighted by Crippen LogP contribution is -2.32. The highest BCUT2D eigenvalue weighted by Gasteiger charge is 2.28. The van der Waals surface area contributed by atoms with Gasteiger partial charge in [-0.25, -0.2) is 9.98 Å². The molecular weight excluding hydrogens is 432 g/mol. The summed E-state index contributed by atoms with van der Waals surface area (Å²) >= 11 is 1.50. The number of aryl methyl sites for hydroxylation is 1. The molecule has 168 valence electrons. The number of aromatic hydroxyl groups is 1. The Hall–Kier alpha value is -3.32. The van der Waals surface area contributed by atoms with Crippen LogP contribution >= 0.6 is 11.8 Å². The molecule has 0 bridgehead atoms. The molecule has 33 heavy (non-hydrogen) atoms. The van der Waals surface area contributed by atoms with Gasteiger partial charge in [-0.3, -0.25) is 9.69 Å². The lowest BCUT2D eigenvalue weighted by Gasteiger charge is -2.33. The fourth-order valence-electron chi connectivity index (χ4n) is 3.97. The monoisotopic (exact) mass is 458 g/mol. The van der Waals surface area contributed by atoms with Crippen LogP contribution in [0, 0.1) is 6.92 Å². The number of benzene rings is 2. The Balaban J connectivity index is 1.53. The molecule has 0 atom stereocenters. The Kier molecular flexibility index (Phi) is 6.05. The first-order chi connectivity index (χ1) is 16.1. The number of aliphatic imine (C=N–C) groups is 1. The van der Waals surface area contributed by atoms with Crippen LogP contribution in [-0.4, -0.2) is 33.6 Å². The smallest absolute Gasteiger partial charge is 0.230 e. The highest BCUT2D eigenvalue weighted by molar-refractivity contribution is 8.00. The van der Waals surface area contributed by atoms with Crippen LogP contribution in [0.3, 0.4) is 0 Å². The van der Waals surface area contributed by atoms with E-state index in [4.69, 9.17) is 9.98 Å². The number of amidine groups is 1. The van der Waals surface area contributed by atoms with Gasteiger partial charge >= 0.3 is 0 Å². The Morgan fingerprint density at radius 3 is 2.64 bits per heavy atom. The van der Waals surface area contributed by atoms with Crippen LogP contribution < -0.4 is 10.2 Å². The summed E-state index contributed by atoms with van der Waals surface area (Å²) in [7, 11) is 0. The Morgan fingerprint density at radius 1 is 1.15 bits per heavy atom. The van der Waals surface area contributed by atoms with Crippen LogP contribution in [0.5, 0.6) is 5.75 Å². The normalized spacial score (nSPS) is 16.5. The highest BCUT2D eigenvalue weighted by Crippen LogP contribution is 2.40. The van der Waals surface area contributed by atoms with Crippen molar-refractivity contribution in [1.82, 2.24) is 10.3 Å². The molecule has 1 saturated carbocycles. The molecule has 1 aromatic heterocycles. The number of aromatic nitrogens is 1. The maximum absolute atomic E-state index is 12.3. The zero-order valence-electron chi connectivity index (χ0n) is 18.5. The number of phenolic OH excluding ortho intramolecular Hbond substituents is 1. The fraction of sp³-hybridized carbons (Fsp3) is 0.269. The third-order valence-corrected chi connectivity index (χ3v) is 6.71. The van der Waals surface area contributed by atoms with E-state index in [9.17, 15) is 9.90 Å². The number of hydrogen-bond acceptors (Lipinski definition) is 5. The molecule has 2 N–H and O–H groups in total. The van der Waals surface area contributed by atoms with Gasteiger partial charge in [-0.2, -0.15) is 0 Å². The van der Waals surface area contributed by atoms with Crippen molar-refractivity contribution in [3.05, 3.63) is 71.9 Å². The van der Waals surface area contributed by atoms with Gasteiger partial charge in [0.25, 0.3) is 0 Å². The molecule has 1 fully saturated rings. The molecule has 2 aromatic carbocycles. The molecule has 3 aromatic rings. The minimum atomic E-state index is 0.0667. The summed E-state index contributed by atoms with van der Waals surface area (Å²) in [4.78, 5) is 24.2. The predicted octanol–water partition coefficient (Wildman–Crippen LogP) is 5.28. The molecule has 0 unspecified atom stereocenters. The minimum Gasteiger partial charge on any atom is -0.508 e. The fourth-order valence-corrected chi connectivity index (χ4v) is 4.91. The van der Waals surface area contributed by atoms with Gasteiger partial charge in [-0.05, 0) is 68.7 Å². The molecule has 7 heteroatoms. The molecule has 1 amide bonds. The highest BCUT2D eigenvalue weighted by atomic mass is 32.2. The summed E-state index contributed by atoms with van der Waals surface area (Å²) in [6, 6.07) is 19.6. The quantitative estimate of drug-likeness (QED) is 0.492. The lowest BCUT2D eigenvalue weighted by atomic mass is 10.0. The number of pyridine rings is 1. The third-order valence-electron chi connectivity index (χ3n) is 5.69. The van der Waals surface area contributed by atoms with Crippen LogP contribution in [0.2, 0.25) is 0 Å². The van der Waals surface area contributed by atoms with E-state index in [-0.39, 0.29) is 11.7 Å². The number of amides is 1. The molecular formula is C26H26N4O2S. The molecule has 2 heterocycles. The molecule has 0 saturated heterocycles. The molecule has 0 radical (unpaired) electrons. The van der Waals surface area contributed by atoms with Crippen molar-refractivity contribution < 1.29 is 9.90 Å². The van der Waals surface area contributed by atoms with E-state index < -0.39 is 0 Å². The second kappa shape index (κ2) is 9.27. The van der Waals surface area contributed by atoms with Gasteiger partial charge in [0, 0.05) is 29.4 Å². The first-order valence-electron chi connectivity index (χ1n) is 11.2. The molecule has 1 aliphatic carbocycles. The summed E-state index contributed by atoms with van der Waals surface area (Å²) < 4.78 is 0. The summed E-state index contributed by atoms with van der Waals surface area (Å²) in [5.41, 5.74) is 4.88. The number of thioether (sulfide) groups is 1. The second-order valence-corrected chi connectivity index (χ2v) is 9.38. The van der Waals surface area contributed by atoms with E-state index in [1.54, 1.807) is 12.1 Å². The van der Waals surface area contributed by atoms with E-state index in [0.29, 0.717) is 11.8 Å². The number of para-hydroxylation sites is 1. The number of rotatable bonds is 6. The van der Waals surface area contributed by atoms with Crippen molar-refractivity contribution in [2.45, 2.75) is 43.7 Å². The van der Waals surface area contributed by atoms with E-state index >= 15 is 0 Å². The number of phenols is 1. The summed E-state index contributed by atoms with van der Waals surface area (Å²) in [5.74, 6) is 1.59. The zero-order valence-corrected chi connectivity index (χ0v) is 19.3. The molecule has 1 aliphatic heterocycles. The second-order valence-electron chi connectivity index (χ2n) is 8.41. The molecule has 6 nitrogen and oxygen atoms in total. The summed E-state index contributed by atoms with van der Waals surface area (Å²) in [5, 5.41) is 13.8. The van der Waals surface area contributed by atoms with Crippen LogP contribution in [0.15, 0.2) is 70.7 Å². The lowest BCUT2D eigenvalue weighted by molar-refractivity contribution is -0.118. The van der Waals surface area contributed by atoms with Gasteiger partial charge in [-0.15, -0.1) is 0 Å². The predicted molar refractivity (Wildman–Crippen MR) is 133 cm³/mol. The topological polar surface area (TPSA) is 77.8 Å². The Bertz CT molecular complexity index is 1190. The first-order valence-corrected chi connectivity index (χ1v) is 12.2. The number of hydrogen-bond donors (Lipinski definition) is 2. The van der Waals surface area contributed by atoms with E-state index in [1.165, 1.54) is 11.8 Å². The van der Waals surface area contributed by atoms with E-state index in [0.717, 1.165) is 64.9 Å². The van der Waals surface area contributed by atoms with Crippen LogP contribution in [0.1, 0.15) is 30.5 Å². The number of carbonyl (C=O) groups is 1. The Labute approximate surface area is 197 Å². The van der Waals surface area contributed by atoms with E-state index in [2.05, 4.69) is 16.3 Å². The number of nitrogens with zero attached hydrogens (tertiary/aromatic N) is 3. The Morgan fingerprint density at radius 2 is 1.91 bits per heavy atom. The third kappa shape index (κ3) is 5.03. The van der Waals surface area contributed by atoms with Gasteiger partial charge in [0.1, 0.15) is 16.6 Å². The van der Waals surface area contributed by atoms with Gasteiger partial charge < -0.3 is 10.4 Å². The minimum absolute atomic E-state index is 0.0667. The number of carbonyl (C=O) groups excluding carboxylic acids is 1. The molecule has 5 rings (SSSR count). The SMILES string of the molecule is Cc1cc2c(c(SCC(=O)NC3CC3)n1)CCC(=Nc1ccccc1)N2c1ccc(O)cc1. The first kappa shape index (κ1) is 21.5. The van der Waals surface area contributed by atoms with E-state index in [1.807, 2.05) is 49.4 Å².